The molecule has 2 amide bonds. The zero-order chi connectivity index (χ0) is 23.3. The number of hydrogen-bond acceptors (Lipinski definition) is 6. The summed E-state index contributed by atoms with van der Waals surface area (Å²) in [7, 11) is -3.89. The fraction of sp³-hybridized carbons (Fsp3) is 0.200. The molecule has 0 aliphatic carbocycles. The van der Waals surface area contributed by atoms with Gasteiger partial charge in [0.05, 0.1) is 10.9 Å². The first-order valence-electron chi connectivity index (χ1n) is 9.49. The van der Waals surface area contributed by atoms with Crippen LogP contribution in [0.2, 0.25) is 5.02 Å². The minimum absolute atomic E-state index is 0.00163. The van der Waals surface area contributed by atoms with Gasteiger partial charge in [0.15, 0.2) is 0 Å². The summed E-state index contributed by atoms with van der Waals surface area (Å²) in [5.74, 6) is -0.823. The third-order valence-electron chi connectivity index (χ3n) is 4.48. The summed E-state index contributed by atoms with van der Waals surface area (Å²) in [6, 6.07) is 10.4. The first-order chi connectivity index (χ1) is 15.2. The molecular formula is C20H21ClN6O4S. The van der Waals surface area contributed by atoms with Crippen molar-refractivity contribution in [3.8, 4) is 0 Å². The van der Waals surface area contributed by atoms with Gasteiger partial charge in [-0.15, -0.1) is 0 Å². The van der Waals surface area contributed by atoms with Crippen LogP contribution in [0.3, 0.4) is 0 Å². The molecule has 3 aromatic rings. The lowest BCUT2D eigenvalue weighted by molar-refractivity contribution is -0.119. The number of amides is 2. The number of carbonyl (C=O) groups excluding carboxylic acids is 2. The van der Waals surface area contributed by atoms with Crippen LogP contribution in [0.4, 0.5) is 11.4 Å². The molecule has 0 aliphatic rings. The van der Waals surface area contributed by atoms with Crippen LogP contribution in [0.25, 0.3) is 0 Å². The molecule has 12 heteroatoms. The molecule has 2 aromatic carbocycles. The molecule has 2 atom stereocenters. The van der Waals surface area contributed by atoms with Gasteiger partial charge in [0.2, 0.25) is 21.8 Å². The van der Waals surface area contributed by atoms with Crippen molar-refractivity contribution in [2.45, 2.75) is 30.8 Å². The predicted molar refractivity (Wildman–Crippen MR) is 120 cm³/mol. The van der Waals surface area contributed by atoms with Crippen molar-refractivity contribution in [3.05, 3.63) is 66.2 Å². The SMILES string of the molecule is CC(C(=O)Nc1ccc(NC(=O)[C@H](C)NS(=O)(=O)c2ccc(Cl)cc2)cc1)n1cncn1. The van der Waals surface area contributed by atoms with Gasteiger partial charge in [0.1, 0.15) is 18.7 Å². The van der Waals surface area contributed by atoms with E-state index in [1.54, 1.807) is 31.2 Å². The maximum absolute atomic E-state index is 12.4. The van der Waals surface area contributed by atoms with Crippen LogP contribution in [0.5, 0.6) is 0 Å². The number of rotatable bonds is 8. The molecule has 0 aliphatic heterocycles. The second-order valence-corrected chi connectivity index (χ2v) is 9.05. The van der Waals surface area contributed by atoms with Gasteiger partial charge >= 0.3 is 0 Å². The second kappa shape index (κ2) is 9.90. The predicted octanol–water partition coefficient (Wildman–Crippen LogP) is 2.44. The minimum atomic E-state index is -3.89. The standard InChI is InChI=1S/C20H21ClN6O4S/c1-13(26-32(30,31)18-9-3-15(21)4-10-18)19(28)24-16-5-7-17(8-6-16)25-20(29)14(2)27-12-22-11-23-27/h3-14,26H,1-2H3,(H,24,28)(H,25,29)/t13-,14?/m0/s1. The average Bonchev–Trinajstić information content (AvgIpc) is 3.29. The molecule has 32 heavy (non-hydrogen) atoms. The highest BCUT2D eigenvalue weighted by molar-refractivity contribution is 7.89. The number of aromatic nitrogens is 3. The zero-order valence-corrected chi connectivity index (χ0v) is 18.8. The molecule has 0 saturated carbocycles. The van der Waals surface area contributed by atoms with Crippen LogP contribution in [-0.4, -0.2) is 41.0 Å². The lowest BCUT2D eigenvalue weighted by Crippen LogP contribution is -2.41. The van der Waals surface area contributed by atoms with Crippen molar-refractivity contribution in [1.29, 1.82) is 0 Å². The van der Waals surface area contributed by atoms with Crippen molar-refractivity contribution in [2.75, 3.05) is 10.6 Å². The van der Waals surface area contributed by atoms with Crippen molar-refractivity contribution in [2.24, 2.45) is 0 Å². The fourth-order valence-corrected chi connectivity index (χ4v) is 3.97. The molecule has 1 aromatic heterocycles. The normalized spacial score (nSPS) is 13.2. The van der Waals surface area contributed by atoms with Crippen molar-refractivity contribution >= 4 is 44.8 Å². The summed E-state index contributed by atoms with van der Waals surface area (Å²) < 4.78 is 28.6. The summed E-state index contributed by atoms with van der Waals surface area (Å²) >= 11 is 5.78. The van der Waals surface area contributed by atoms with Crippen molar-refractivity contribution in [3.63, 3.8) is 0 Å². The third kappa shape index (κ3) is 5.90. The van der Waals surface area contributed by atoms with Gasteiger partial charge in [-0.25, -0.2) is 18.1 Å². The topological polar surface area (TPSA) is 135 Å². The molecule has 10 nitrogen and oxygen atoms in total. The first-order valence-corrected chi connectivity index (χ1v) is 11.4. The monoisotopic (exact) mass is 476 g/mol. The molecule has 168 valence electrons. The van der Waals surface area contributed by atoms with Crippen LogP contribution < -0.4 is 15.4 Å². The van der Waals surface area contributed by atoms with Crippen LogP contribution in [-0.2, 0) is 19.6 Å². The number of sulfonamides is 1. The quantitative estimate of drug-likeness (QED) is 0.457. The van der Waals surface area contributed by atoms with E-state index in [1.807, 2.05) is 0 Å². The van der Waals surface area contributed by atoms with E-state index < -0.39 is 28.0 Å². The maximum Gasteiger partial charge on any atom is 0.249 e. The van der Waals surface area contributed by atoms with Gasteiger partial charge in [-0.2, -0.15) is 9.82 Å². The van der Waals surface area contributed by atoms with E-state index in [1.165, 1.54) is 48.5 Å². The van der Waals surface area contributed by atoms with Crippen molar-refractivity contribution in [1.82, 2.24) is 19.5 Å². The molecule has 3 rings (SSSR count). The van der Waals surface area contributed by atoms with Gasteiger partial charge in [0, 0.05) is 16.4 Å². The van der Waals surface area contributed by atoms with Gasteiger partial charge in [-0.1, -0.05) is 11.6 Å². The van der Waals surface area contributed by atoms with Crippen LogP contribution in [0.15, 0.2) is 66.1 Å². The summed E-state index contributed by atoms with van der Waals surface area (Å²) in [4.78, 5) is 28.5. The Morgan fingerprint density at radius 2 is 1.50 bits per heavy atom. The van der Waals surface area contributed by atoms with Crippen LogP contribution >= 0.6 is 11.6 Å². The Kier molecular flexibility index (Phi) is 7.23. The smallest absolute Gasteiger partial charge is 0.249 e. The summed E-state index contributed by atoms with van der Waals surface area (Å²) in [6.07, 6.45) is 2.79. The molecule has 0 fully saturated rings. The molecule has 0 bridgehead atoms. The highest BCUT2D eigenvalue weighted by atomic mass is 35.5. The average molecular weight is 477 g/mol. The van der Waals surface area contributed by atoms with Crippen LogP contribution in [0, 0.1) is 0 Å². The Morgan fingerprint density at radius 1 is 0.938 bits per heavy atom. The van der Waals surface area contributed by atoms with E-state index in [0.717, 1.165) is 0 Å². The van der Waals surface area contributed by atoms with E-state index in [9.17, 15) is 18.0 Å². The number of hydrogen-bond donors (Lipinski definition) is 3. The Morgan fingerprint density at radius 3 is 2.03 bits per heavy atom. The van der Waals surface area contributed by atoms with Crippen molar-refractivity contribution < 1.29 is 18.0 Å². The number of anilines is 2. The second-order valence-electron chi connectivity index (χ2n) is 6.90. The maximum atomic E-state index is 12.4. The molecular weight excluding hydrogens is 456 g/mol. The van der Waals surface area contributed by atoms with E-state index in [0.29, 0.717) is 16.4 Å². The zero-order valence-electron chi connectivity index (χ0n) is 17.2. The molecule has 3 N–H and O–H groups in total. The fourth-order valence-electron chi connectivity index (χ4n) is 2.64. The first kappa shape index (κ1) is 23.4. The lowest BCUT2D eigenvalue weighted by atomic mass is 10.2. The summed E-state index contributed by atoms with van der Waals surface area (Å²) in [5.41, 5.74) is 0.964. The minimum Gasteiger partial charge on any atom is -0.325 e. The molecule has 1 unspecified atom stereocenters. The molecule has 0 saturated heterocycles. The number of nitrogens with one attached hydrogen (secondary N) is 3. The molecule has 1 heterocycles. The summed E-state index contributed by atoms with van der Waals surface area (Å²) in [6.45, 7) is 3.12. The Hall–Kier alpha value is -3.28. The van der Waals surface area contributed by atoms with E-state index in [-0.39, 0.29) is 10.8 Å². The Bertz CT molecular complexity index is 1180. The molecule has 0 radical (unpaired) electrons. The van der Waals surface area contributed by atoms with Gasteiger partial charge < -0.3 is 10.6 Å². The number of nitrogens with zero attached hydrogens (tertiary/aromatic N) is 3. The van der Waals surface area contributed by atoms with Crippen LogP contribution in [0.1, 0.15) is 19.9 Å². The number of benzene rings is 2. The number of halogens is 1. The van der Waals surface area contributed by atoms with Gasteiger partial charge in [-0.05, 0) is 62.4 Å². The lowest BCUT2D eigenvalue weighted by Gasteiger charge is -2.15. The Labute approximate surface area is 190 Å². The highest BCUT2D eigenvalue weighted by Gasteiger charge is 2.22. The van der Waals surface area contributed by atoms with E-state index in [2.05, 4.69) is 25.4 Å². The van der Waals surface area contributed by atoms with E-state index >= 15 is 0 Å². The molecule has 0 spiro atoms. The Balaban J connectivity index is 1.56. The number of carbonyl (C=O) groups is 2. The van der Waals surface area contributed by atoms with Gasteiger partial charge in [0.25, 0.3) is 0 Å². The highest BCUT2D eigenvalue weighted by Crippen LogP contribution is 2.17. The summed E-state index contributed by atoms with van der Waals surface area (Å²) in [5, 5.41) is 9.71. The van der Waals surface area contributed by atoms with E-state index in [4.69, 9.17) is 11.6 Å². The largest absolute Gasteiger partial charge is 0.325 e. The van der Waals surface area contributed by atoms with Gasteiger partial charge in [-0.3, -0.25) is 9.59 Å². The third-order valence-corrected chi connectivity index (χ3v) is 6.29.